The van der Waals surface area contributed by atoms with Crippen molar-refractivity contribution in [1.29, 1.82) is 0 Å². The number of aryl methyl sites for hydroxylation is 1. The highest BCUT2D eigenvalue weighted by molar-refractivity contribution is 7.15. The highest BCUT2D eigenvalue weighted by Gasteiger charge is 2.15. The third-order valence-electron chi connectivity index (χ3n) is 3.47. The summed E-state index contributed by atoms with van der Waals surface area (Å²) in [5.41, 5.74) is 10.4. The molecule has 3 rings (SSSR count). The van der Waals surface area contributed by atoms with E-state index in [1.54, 1.807) is 11.3 Å². The molecule has 0 spiro atoms. The highest BCUT2D eigenvalue weighted by atomic mass is 32.1. The second kappa shape index (κ2) is 6.20. The molecule has 106 valence electrons. The van der Waals surface area contributed by atoms with E-state index in [-0.39, 0.29) is 0 Å². The van der Waals surface area contributed by atoms with Crippen molar-refractivity contribution in [2.24, 2.45) is 5.73 Å². The molecule has 0 aliphatic rings. The molecule has 0 unspecified atom stereocenters. The first-order valence-corrected chi connectivity index (χ1v) is 7.92. The molecule has 0 aliphatic carbocycles. The summed E-state index contributed by atoms with van der Waals surface area (Å²) in [7, 11) is 0. The Hall–Kier alpha value is -1.97. The molecule has 2 N–H and O–H groups in total. The van der Waals surface area contributed by atoms with Crippen LogP contribution in [0.3, 0.4) is 0 Å². The quantitative estimate of drug-likeness (QED) is 0.779. The predicted molar refractivity (Wildman–Crippen MR) is 90.5 cm³/mol. The molecule has 0 aliphatic heterocycles. The molecule has 2 aromatic carbocycles. The van der Waals surface area contributed by atoms with Gasteiger partial charge in [0.05, 0.1) is 15.6 Å². The molecule has 0 radical (unpaired) electrons. The lowest BCUT2D eigenvalue weighted by Crippen LogP contribution is -2.02. The lowest BCUT2D eigenvalue weighted by Gasteiger charge is -2.05. The van der Waals surface area contributed by atoms with E-state index in [0.717, 1.165) is 17.1 Å². The maximum Gasteiger partial charge on any atom is 0.0951 e. The summed E-state index contributed by atoms with van der Waals surface area (Å²) in [6.07, 6.45) is 0.830. The van der Waals surface area contributed by atoms with Crippen LogP contribution < -0.4 is 5.73 Å². The first kappa shape index (κ1) is 14.0. The fourth-order valence-corrected chi connectivity index (χ4v) is 3.50. The minimum Gasteiger partial charge on any atom is -0.330 e. The number of thiazole rings is 1. The Kier molecular flexibility index (Phi) is 4.13. The second-order valence-electron chi connectivity index (χ2n) is 5.00. The van der Waals surface area contributed by atoms with Gasteiger partial charge in [-0.1, -0.05) is 54.6 Å². The van der Waals surface area contributed by atoms with Crippen molar-refractivity contribution in [1.82, 2.24) is 4.98 Å². The van der Waals surface area contributed by atoms with E-state index in [4.69, 9.17) is 10.7 Å². The van der Waals surface area contributed by atoms with Gasteiger partial charge in [-0.2, -0.15) is 0 Å². The summed E-state index contributed by atoms with van der Waals surface area (Å²) >= 11 is 1.75. The summed E-state index contributed by atoms with van der Waals surface area (Å²) in [6, 6.07) is 18.9. The van der Waals surface area contributed by atoms with Crippen molar-refractivity contribution >= 4 is 11.3 Å². The maximum atomic E-state index is 5.69. The maximum absolute atomic E-state index is 5.69. The summed E-state index contributed by atoms with van der Waals surface area (Å²) in [5, 5.41) is 1.11. The van der Waals surface area contributed by atoms with Gasteiger partial charge in [0.15, 0.2) is 0 Å². The van der Waals surface area contributed by atoms with Gasteiger partial charge < -0.3 is 5.73 Å². The normalized spacial score (nSPS) is 10.8. The number of benzene rings is 2. The minimum absolute atomic E-state index is 0.634. The molecule has 2 nitrogen and oxygen atoms in total. The van der Waals surface area contributed by atoms with Crippen molar-refractivity contribution < 1.29 is 0 Å². The smallest absolute Gasteiger partial charge is 0.0951 e. The molecule has 3 aromatic rings. The fraction of sp³-hybridized carbons (Fsp3) is 0.167. The van der Waals surface area contributed by atoms with E-state index >= 15 is 0 Å². The molecule has 0 saturated carbocycles. The zero-order chi connectivity index (χ0) is 14.7. The number of hydrogen-bond donors (Lipinski definition) is 1. The van der Waals surface area contributed by atoms with E-state index in [1.165, 1.54) is 21.6 Å². The monoisotopic (exact) mass is 294 g/mol. The van der Waals surface area contributed by atoms with Crippen LogP contribution >= 0.6 is 11.3 Å². The van der Waals surface area contributed by atoms with Crippen molar-refractivity contribution in [2.45, 2.75) is 13.3 Å². The Bertz CT molecular complexity index is 732. The lowest BCUT2D eigenvalue weighted by atomic mass is 10.0. The molecular formula is C18H18N2S. The number of nitrogens with two attached hydrogens (primary N) is 1. The van der Waals surface area contributed by atoms with Crippen LogP contribution in [-0.2, 0) is 6.42 Å². The standard InChI is InChI=1S/C18H18N2S/c1-13-7-5-6-10-15(13)17-18(14-8-3-2-4-9-14)21-16(20-17)11-12-19/h2-10H,11-12,19H2,1H3. The summed E-state index contributed by atoms with van der Waals surface area (Å²) in [4.78, 5) is 6.08. The average molecular weight is 294 g/mol. The van der Waals surface area contributed by atoms with Crippen LogP contribution in [0.2, 0.25) is 0 Å². The van der Waals surface area contributed by atoms with E-state index in [9.17, 15) is 0 Å². The van der Waals surface area contributed by atoms with Crippen molar-refractivity contribution in [2.75, 3.05) is 6.54 Å². The largest absolute Gasteiger partial charge is 0.330 e. The van der Waals surface area contributed by atoms with Crippen LogP contribution in [0.1, 0.15) is 10.6 Å². The molecule has 0 bridgehead atoms. The van der Waals surface area contributed by atoms with E-state index in [2.05, 4.69) is 55.5 Å². The Balaban J connectivity index is 2.17. The number of nitrogens with zero attached hydrogens (tertiary/aromatic N) is 1. The number of aromatic nitrogens is 1. The zero-order valence-corrected chi connectivity index (χ0v) is 12.9. The van der Waals surface area contributed by atoms with Gasteiger partial charge in [0.25, 0.3) is 0 Å². The molecule has 0 amide bonds. The summed E-state index contributed by atoms with van der Waals surface area (Å²) < 4.78 is 0. The highest BCUT2D eigenvalue weighted by Crippen LogP contribution is 2.37. The van der Waals surface area contributed by atoms with Crippen LogP contribution in [0.5, 0.6) is 0 Å². The van der Waals surface area contributed by atoms with Gasteiger partial charge in [0.1, 0.15) is 0 Å². The third-order valence-corrected chi connectivity index (χ3v) is 4.63. The Morgan fingerprint density at radius 1 is 1.00 bits per heavy atom. The first-order valence-electron chi connectivity index (χ1n) is 7.11. The number of hydrogen-bond acceptors (Lipinski definition) is 3. The van der Waals surface area contributed by atoms with Crippen LogP contribution in [-0.4, -0.2) is 11.5 Å². The second-order valence-corrected chi connectivity index (χ2v) is 6.09. The average Bonchev–Trinajstić information content (AvgIpc) is 2.93. The molecule has 3 heteroatoms. The Morgan fingerprint density at radius 3 is 2.43 bits per heavy atom. The van der Waals surface area contributed by atoms with Gasteiger partial charge in [-0.3, -0.25) is 0 Å². The van der Waals surface area contributed by atoms with E-state index < -0.39 is 0 Å². The van der Waals surface area contributed by atoms with Gasteiger partial charge in [0, 0.05) is 12.0 Å². The third kappa shape index (κ3) is 2.89. The van der Waals surface area contributed by atoms with Crippen LogP contribution in [0, 0.1) is 6.92 Å². The Labute approximate surface area is 129 Å². The first-order chi connectivity index (χ1) is 10.3. The van der Waals surface area contributed by atoms with Crippen LogP contribution in [0.25, 0.3) is 21.7 Å². The van der Waals surface area contributed by atoms with Crippen molar-refractivity contribution in [3.63, 3.8) is 0 Å². The summed E-state index contributed by atoms with van der Waals surface area (Å²) in [6.45, 7) is 2.76. The lowest BCUT2D eigenvalue weighted by molar-refractivity contribution is 0.954. The van der Waals surface area contributed by atoms with Gasteiger partial charge in [-0.15, -0.1) is 11.3 Å². The molecule has 21 heavy (non-hydrogen) atoms. The van der Waals surface area contributed by atoms with E-state index in [1.807, 2.05) is 6.07 Å². The van der Waals surface area contributed by atoms with Crippen LogP contribution in [0.15, 0.2) is 54.6 Å². The van der Waals surface area contributed by atoms with Crippen molar-refractivity contribution in [3.05, 3.63) is 65.2 Å². The fourth-order valence-electron chi connectivity index (χ4n) is 2.40. The molecule has 0 fully saturated rings. The number of rotatable bonds is 4. The van der Waals surface area contributed by atoms with Gasteiger partial charge in [-0.05, 0) is 24.6 Å². The Morgan fingerprint density at radius 2 is 1.71 bits per heavy atom. The molecule has 1 aromatic heterocycles. The minimum atomic E-state index is 0.634. The predicted octanol–water partition coefficient (Wildman–Crippen LogP) is 4.29. The molecule has 0 saturated heterocycles. The van der Waals surface area contributed by atoms with E-state index in [0.29, 0.717) is 6.54 Å². The van der Waals surface area contributed by atoms with Gasteiger partial charge in [0.2, 0.25) is 0 Å². The summed E-state index contributed by atoms with van der Waals surface area (Å²) in [5.74, 6) is 0. The zero-order valence-electron chi connectivity index (χ0n) is 12.0. The van der Waals surface area contributed by atoms with Crippen LogP contribution in [0.4, 0.5) is 0 Å². The topological polar surface area (TPSA) is 38.9 Å². The molecule has 1 heterocycles. The van der Waals surface area contributed by atoms with Gasteiger partial charge in [-0.25, -0.2) is 4.98 Å². The molecule has 0 atom stereocenters. The SMILES string of the molecule is Cc1ccccc1-c1nc(CCN)sc1-c1ccccc1. The van der Waals surface area contributed by atoms with Gasteiger partial charge >= 0.3 is 0 Å². The van der Waals surface area contributed by atoms with Crippen molar-refractivity contribution in [3.8, 4) is 21.7 Å². The molecular weight excluding hydrogens is 276 g/mol.